The molecule has 2 aromatic rings. The average molecular weight is 309 g/mol. The number of pyridine rings is 1. The lowest BCUT2D eigenvalue weighted by atomic mass is 10.0. The first-order valence-corrected chi connectivity index (χ1v) is 8.32. The van der Waals surface area contributed by atoms with E-state index in [1.165, 1.54) is 18.4 Å². The maximum Gasteiger partial charge on any atom is 0.252 e. The second-order valence-electron chi connectivity index (χ2n) is 5.94. The van der Waals surface area contributed by atoms with E-state index < -0.39 is 0 Å². The van der Waals surface area contributed by atoms with Gasteiger partial charge in [-0.3, -0.25) is 4.79 Å². The maximum absolute atomic E-state index is 11.8. The molecule has 2 heterocycles. The second kappa shape index (κ2) is 7.27. The Morgan fingerprint density at radius 2 is 2.09 bits per heavy atom. The molecule has 0 aliphatic carbocycles. The van der Waals surface area contributed by atoms with Crippen LogP contribution in [0, 0.1) is 0 Å². The van der Waals surface area contributed by atoms with Gasteiger partial charge in [-0.05, 0) is 43.9 Å². The summed E-state index contributed by atoms with van der Waals surface area (Å²) in [5.74, 6) is 0.908. The van der Waals surface area contributed by atoms with Gasteiger partial charge in [0.1, 0.15) is 5.82 Å². The lowest BCUT2D eigenvalue weighted by Crippen LogP contribution is -2.31. The molecule has 1 aliphatic heterocycles. The van der Waals surface area contributed by atoms with Crippen molar-refractivity contribution in [3.63, 3.8) is 0 Å². The SMILES string of the molecule is CCNC(=O)c1ccc(N2CCCC2Cc2ccccc2)nc1. The summed E-state index contributed by atoms with van der Waals surface area (Å²) in [7, 11) is 0. The molecule has 1 amide bonds. The fraction of sp³-hybridized carbons (Fsp3) is 0.368. The summed E-state index contributed by atoms with van der Waals surface area (Å²) in [6.07, 6.45) is 5.10. The van der Waals surface area contributed by atoms with Crippen LogP contribution in [0.25, 0.3) is 0 Å². The molecule has 120 valence electrons. The van der Waals surface area contributed by atoms with Crippen molar-refractivity contribution in [3.8, 4) is 0 Å². The van der Waals surface area contributed by atoms with Gasteiger partial charge in [-0.2, -0.15) is 0 Å². The number of hydrogen-bond acceptors (Lipinski definition) is 3. The van der Waals surface area contributed by atoms with E-state index in [-0.39, 0.29) is 5.91 Å². The van der Waals surface area contributed by atoms with Gasteiger partial charge in [0.15, 0.2) is 0 Å². The molecule has 1 aromatic carbocycles. The molecule has 0 radical (unpaired) electrons. The molecule has 0 saturated carbocycles. The zero-order valence-corrected chi connectivity index (χ0v) is 13.5. The predicted molar refractivity (Wildman–Crippen MR) is 92.8 cm³/mol. The van der Waals surface area contributed by atoms with Crippen molar-refractivity contribution in [2.24, 2.45) is 0 Å². The van der Waals surface area contributed by atoms with Gasteiger partial charge in [0.2, 0.25) is 0 Å². The molecular weight excluding hydrogens is 286 g/mol. The van der Waals surface area contributed by atoms with E-state index in [0.29, 0.717) is 18.2 Å². The first kappa shape index (κ1) is 15.5. The van der Waals surface area contributed by atoms with E-state index in [4.69, 9.17) is 0 Å². The van der Waals surface area contributed by atoms with Gasteiger partial charge in [0.05, 0.1) is 5.56 Å². The highest BCUT2D eigenvalue weighted by Gasteiger charge is 2.25. The van der Waals surface area contributed by atoms with E-state index in [9.17, 15) is 4.79 Å². The van der Waals surface area contributed by atoms with Gasteiger partial charge < -0.3 is 10.2 Å². The summed E-state index contributed by atoms with van der Waals surface area (Å²) < 4.78 is 0. The fourth-order valence-electron chi connectivity index (χ4n) is 3.19. The largest absolute Gasteiger partial charge is 0.353 e. The minimum atomic E-state index is -0.0613. The van der Waals surface area contributed by atoms with Crippen LogP contribution in [-0.2, 0) is 6.42 Å². The van der Waals surface area contributed by atoms with Crippen molar-refractivity contribution in [1.82, 2.24) is 10.3 Å². The predicted octanol–water partition coefficient (Wildman–Crippen LogP) is 3.04. The van der Waals surface area contributed by atoms with Gasteiger partial charge in [-0.1, -0.05) is 30.3 Å². The van der Waals surface area contributed by atoms with Gasteiger partial charge in [-0.15, -0.1) is 0 Å². The summed E-state index contributed by atoms with van der Waals surface area (Å²) in [6.45, 7) is 3.58. The Balaban J connectivity index is 1.71. The van der Waals surface area contributed by atoms with E-state index in [0.717, 1.165) is 18.8 Å². The molecule has 4 heteroatoms. The van der Waals surface area contributed by atoms with Crippen LogP contribution in [-0.4, -0.2) is 30.0 Å². The molecule has 1 N–H and O–H groups in total. The van der Waals surface area contributed by atoms with Crippen LogP contribution < -0.4 is 10.2 Å². The minimum Gasteiger partial charge on any atom is -0.353 e. The number of carbonyl (C=O) groups is 1. The number of amides is 1. The number of anilines is 1. The van der Waals surface area contributed by atoms with Crippen LogP contribution in [0.2, 0.25) is 0 Å². The molecule has 3 rings (SSSR count). The number of carbonyl (C=O) groups excluding carboxylic acids is 1. The van der Waals surface area contributed by atoms with Crippen LogP contribution in [0.4, 0.5) is 5.82 Å². The van der Waals surface area contributed by atoms with Crippen molar-refractivity contribution in [3.05, 3.63) is 59.8 Å². The van der Waals surface area contributed by atoms with Crippen LogP contribution in [0.15, 0.2) is 48.7 Å². The van der Waals surface area contributed by atoms with Crippen LogP contribution in [0.3, 0.4) is 0 Å². The van der Waals surface area contributed by atoms with Gasteiger partial charge in [-0.25, -0.2) is 4.98 Å². The smallest absolute Gasteiger partial charge is 0.252 e. The topological polar surface area (TPSA) is 45.2 Å². The Labute approximate surface area is 137 Å². The Morgan fingerprint density at radius 3 is 2.78 bits per heavy atom. The van der Waals surface area contributed by atoms with E-state index >= 15 is 0 Å². The summed E-state index contributed by atoms with van der Waals surface area (Å²) in [4.78, 5) is 18.7. The van der Waals surface area contributed by atoms with E-state index in [1.807, 2.05) is 19.1 Å². The zero-order chi connectivity index (χ0) is 16.1. The Kier molecular flexibility index (Phi) is 4.91. The van der Waals surface area contributed by atoms with Crippen molar-refractivity contribution < 1.29 is 4.79 Å². The molecule has 1 saturated heterocycles. The highest BCUT2D eigenvalue weighted by atomic mass is 16.1. The Hall–Kier alpha value is -2.36. The number of benzene rings is 1. The summed E-state index contributed by atoms with van der Waals surface area (Å²) in [6, 6.07) is 14.9. The molecular formula is C19H23N3O. The molecule has 0 bridgehead atoms. The molecule has 23 heavy (non-hydrogen) atoms. The van der Waals surface area contributed by atoms with Gasteiger partial charge in [0.25, 0.3) is 5.91 Å². The van der Waals surface area contributed by atoms with Gasteiger partial charge >= 0.3 is 0 Å². The molecule has 1 unspecified atom stereocenters. The molecule has 1 aromatic heterocycles. The van der Waals surface area contributed by atoms with E-state index in [1.54, 1.807) is 6.20 Å². The monoisotopic (exact) mass is 309 g/mol. The Bertz CT molecular complexity index is 639. The van der Waals surface area contributed by atoms with Crippen molar-refractivity contribution in [1.29, 1.82) is 0 Å². The zero-order valence-electron chi connectivity index (χ0n) is 13.5. The number of nitrogens with one attached hydrogen (secondary N) is 1. The fourth-order valence-corrected chi connectivity index (χ4v) is 3.19. The first-order chi connectivity index (χ1) is 11.3. The highest BCUT2D eigenvalue weighted by molar-refractivity contribution is 5.94. The molecule has 0 spiro atoms. The maximum atomic E-state index is 11.8. The number of nitrogens with zero attached hydrogens (tertiary/aromatic N) is 2. The number of rotatable bonds is 5. The minimum absolute atomic E-state index is 0.0613. The third-order valence-electron chi connectivity index (χ3n) is 4.33. The standard InChI is InChI=1S/C19H23N3O/c1-2-20-19(23)16-10-11-18(21-14-16)22-12-6-9-17(22)13-15-7-4-3-5-8-15/h3-5,7-8,10-11,14,17H,2,6,9,12-13H2,1H3,(H,20,23). The quantitative estimate of drug-likeness (QED) is 0.923. The second-order valence-corrected chi connectivity index (χ2v) is 5.94. The summed E-state index contributed by atoms with van der Waals surface area (Å²) >= 11 is 0. The average Bonchev–Trinajstić information content (AvgIpc) is 3.04. The lowest BCUT2D eigenvalue weighted by molar-refractivity contribution is 0.0955. The normalized spacial score (nSPS) is 17.3. The molecule has 1 fully saturated rings. The first-order valence-electron chi connectivity index (χ1n) is 8.32. The molecule has 1 aliphatic rings. The van der Waals surface area contributed by atoms with Crippen LogP contribution >= 0.6 is 0 Å². The summed E-state index contributed by atoms with van der Waals surface area (Å²) in [5, 5.41) is 2.80. The van der Waals surface area contributed by atoms with Crippen molar-refractivity contribution in [2.45, 2.75) is 32.2 Å². The third kappa shape index (κ3) is 3.70. The van der Waals surface area contributed by atoms with Crippen molar-refractivity contribution in [2.75, 3.05) is 18.0 Å². The molecule has 1 atom stereocenters. The highest BCUT2D eigenvalue weighted by Crippen LogP contribution is 2.26. The Morgan fingerprint density at radius 1 is 1.26 bits per heavy atom. The van der Waals surface area contributed by atoms with E-state index in [2.05, 4.69) is 45.5 Å². The molecule has 4 nitrogen and oxygen atoms in total. The van der Waals surface area contributed by atoms with Crippen LogP contribution in [0.1, 0.15) is 35.7 Å². The van der Waals surface area contributed by atoms with Crippen molar-refractivity contribution >= 4 is 11.7 Å². The number of aromatic nitrogens is 1. The third-order valence-corrected chi connectivity index (χ3v) is 4.33. The lowest BCUT2D eigenvalue weighted by Gasteiger charge is -2.26. The van der Waals surface area contributed by atoms with Gasteiger partial charge in [0, 0.05) is 25.3 Å². The summed E-state index contributed by atoms with van der Waals surface area (Å²) in [5.41, 5.74) is 1.98. The van der Waals surface area contributed by atoms with Crippen LogP contribution in [0.5, 0.6) is 0 Å². The number of hydrogen-bond donors (Lipinski definition) is 1.